The van der Waals surface area contributed by atoms with Gasteiger partial charge in [0.2, 0.25) is 11.8 Å². The molecule has 4 aromatic rings. The second-order valence-electron chi connectivity index (χ2n) is 14.2. The number of aliphatic hydroxyl groups is 1. The summed E-state index contributed by atoms with van der Waals surface area (Å²) in [4.78, 5) is 63.9. The van der Waals surface area contributed by atoms with E-state index in [0.717, 1.165) is 21.0 Å². The van der Waals surface area contributed by atoms with Gasteiger partial charge in [-0.25, -0.2) is 9.88 Å². The number of rotatable bonds is 8. The van der Waals surface area contributed by atoms with Gasteiger partial charge in [-0.1, -0.05) is 83.4 Å². The molecule has 15 heteroatoms. The molecule has 0 unspecified atom stereocenters. The standard InChI is InChI=1S/C41H33Cl2F3N4O6/c1-48(35-31(43)16-17-32(47-35)41(44,45)46)50-36(52)28-15-14-27-29(33(28)38(50)54)21-30-37(53)49(25-9-5-8-24(42)20-25)39(55)40(30,23-6-3-2-4-7-23)34(27)22-10-12-26(13-11-22)56-19-18-51/h2-14,16-17,20,28-30,33-34,51H,15,18-19,21H2,1H3/t28-,29+,30-,33-,34-,40+/m0/s1. The zero-order valence-corrected chi connectivity index (χ0v) is 31.1. The first-order valence-corrected chi connectivity index (χ1v) is 18.6. The molecule has 8 rings (SSSR count). The van der Waals surface area contributed by atoms with Gasteiger partial charge in [0.05, 0.1) is 40.5 Å². The fourth-order valence-corrected chi connectivity index (χ4v) is 9.64. The van der Waals surface area contributed by atoms with E-state index >= 15 is 4.79 Å². The molecule has 1 N–H and O–H groups in total. The molecule has 3 fully saturated rings. The van der Waals surface area contributed by atoms with E-state index in [1.54, 1.807) is 54.6 Å². The minimum absolute atomic E-state index is 0.0108. The number of carbonyl (C=O) groups is 4. The molecular weight excluding hydrogens is 772 g/mol. The van der Waals surface area contributed by atoms with Crippen molar-refractivity contribution >= 4 is 58.3 Å². The van der Waals surface area contributed by atoms with Gasteiger partial charge in [0.25, 0.3) is 11.8 Å². The number of nitrogens with zero attached hydrogens (tertiary/aromatic N) is 4. The fourth-order valence-electron chi connectivity index (χ4n) is 9.23. The van der Waals surface area contributed by atoms with Crippen molar-refractivity contribution in [3.05, 3.63) is 130 Å². The lowest BCUT2D eigenvalue weighted by molar-refractivity contribution is -0.141. The van der Waals surface area contributed by atoms with E-state index in [9.17, 15) is 32.7 Å². The Balaban J connectivity index is 1.28. The van der Waals surface area contributed by atoms with E-state index in [2.05, 4.69) is 4.98 Å². The maximum absolute atomic E-state index is 15.4. The van der Waals surface area contributed by atoms with Crippen LogP contribution >= 0.6 is 23.2 Å². The number of alkyl halides is 3. The topological polar surface area (TPSA) is 120 Å². The second kappa shape index (κ2) is 14.1. The first-order valence-electron chi connectivity index (χ1n) is 17.9. The minimum atomic E-state index is -4.82. The molecular formula is C41H33Cl2F3N4O6. The van der Waals surface area contributed by atoms with Crippen molar-refractivity contribution in [3.63, 3.8) is 0 Å². The van der Waals surface area contributed by atoms with E-state index in [0.29, 0.717) is 33.5 Å². The van der Waals surface area contributed by atoms with E-state index in [1.165, 1.54) is 13.1 Å². The number of hydrogen-bond acceptors (Lipinski definition) is 8. The molecule has 1 aromatic heterocycles. The molecule has 2 aliphatic carbocycles. The number of benzene rings is 3. The number of carbonyl (C=O) groups excluding carboxylic acids is 4. The zero-order valence-electron chi connectivity index (χ0n) is 29.6. The van der Waals surface area contributed by atoms with Crippen LogP contribution in [-0.2, 0) is 30.8 Å². The second-order valence-corrected chi connectivity index (χ2v) is 15.1. The van der Waals surface area contributed by atoms with E-state index in [1.807, 2.05) is 24.3 Å². The zero-order chi connectivity index (χ0) is 39.7. The molecule has 2 saturated heterocycles. The van der Waals surface area contributed by atoms with Gasteiger partial charge >= 0.3 is 6.18 Å². The maximum atomic E-state index is 15.4. The van der Waals surface area contributed by atoms with Gasteiger partial charge in [0, 0.05) is 18.0 Å². The fraction of sp³-hybridized carbons (Fsp3) is 0.293. The molecule has 4 amide bonds. The average molecular weight is 806 g/mol. The molecule has 1 saturated carbocycles. The van der Waals surface area contributed by atoms with Gasteiger partial charge < -0.3 is 9.84 Å². The number of fused-ring (bicyclic) bond motifs is 4. The highest BCUT2D eigenvalue weighted by Gasteiger charge is 2.70. The number of halogens is 5. The smallest absolute Gasteiger partial charge is 0.433 e. The quantitative estimate of drug-likeness (QED) is 0.150. The molecule has 10 nitrogen and oxygen atoms in total. The van der Waals surface area contributed by atoms with Crippen LogP contribution in [0.25, 0.3) is 0 Å². The third kappa shape index (κ3) is 5.78. The number of ether oxygens (including phenoxy) is 1. The number of imide groups is 2. The number of pyridine rings is 1. The number of allylic oxidation sites excluding steroid dienone is 2. The highest BCUT2D eigenvalue weighted by atomic mass is 35.5. The molecule has 2 aliphatic heterocycles. The van der Waals surface area contributed by atoms with Crippen molar-refractivity contribution in [1.82, 2.24) is 9.99 Å². The maximum Gasteiger partial charge on any atom is 0.433 e. The Labute approximate surface area is 329 Å². The predicted molar refractivity (Wildman–Crippen MR) is 200 cm³/mol. The first-order chi connectivity index (χ1) is 26.8. The summed E-state index contributed by atoms with van der Waals surface area (Å²) in [7, 11) is 1.25. The summed E-state index contributed by atoms with van der Waals surface area (Å²) < 4.78 is 46.7. The monoisotopic (exact) mass is 804 g/mol. The van der Waals surface area contributed by atoms with Crippen LogP contribution < -0.4 is 14.6 Å². The summed E-state index contributed by atoms with van der Waals surface area (Å²) in [5.74, 6) is -6.81. The summed E-state index contributed by atoms with van der Waals surface area (Å²) in [5.41, 5.74) is -0.571. The van der Waals surface area contributed by atoms with Gasteiger partial charge in [-0.15, -0.1) is 0 Å². The Morgan fingerprint density at radius 2 is 1.64 bits per heavy atom. The Kier molecular flexibility index (Phi) is 9.45. The highest BCUT2D eigenvalue weighted by Crippen LogP contribution is 2.64. The van der Waals surface area contributed by atoms with Crippen molar-refractivity contribution in [1.29, 1.82) is 0 Å². The number of amides is 4. The van der Waals surface area contributed by atoms with Crippen molar-refractivity contribution < 1.29 is 42.2 Å². The van der Waals surface area contributed by atoms with Gasteiger partial charge in [0.15, 0.2) is 5.82 Å². The third-order valence-corrected chi connectivity index (χ3v) is 12.0. The average Bonchev–Trinajstić information content (AvgIpc) is 3.57. The molecule has 0 radical (unpaired) electrons. The first kappa shape index (κ1) is 37.7. The summed E-state index contributed by atoms with van der Waals surface area (Å²) in [6.45, 7) is -0.149. The number of hydrazine groups is 1. The Bertz CT molecular complexity index is 2290. The van der Waals surface area contributed by atoms with Gasteiger partial charge in [-0.2, -0.15) is 18.2 Å². The highest BCUT2D eigenvalue weighted by molar-refractivity contribution is 6.33. The number of aromatic nitrogens is 1. The van der Waals surface area contributed by atoms with Crippen molar-refractivity contribution in [3.8, 4) is 5.75 Å². The summed E-state index contributed by atoms with van der Waals surface area (Å²) >= 11 is 12.7. The number of hydrogen-bond donors (Lipinski definition) is 1. The van der Waals surface area contributed by atoms with Crippen LogP contribution in [0.3, 0.4) is 0 Å². The number of aliphatic hydroxyl groups excluding tert-OH is 1. The SMILES string of the molecule is CN(c1nc(C(F)(F)F)ccc1Cl)N1C(=O)[C@H]2[C@H](CC=C3[C@H]2C[C@H]2C(=O)N(c4cccc(Cl)c4)C(=O)[C@@]2(c2ccccc2)[C@H]3c2ccc(OCCO)cc2)C1=O. The Morgan fingerprint density at radius 1 is 0.911 bits per heavy atom. The minimum Gasteiger partial charge on any atom is -0.491 e. The van der Waals surface area contributed by atoms with Gasteiger partial charge in [0.1, 0.15) is 18.1 Å². The molecule has 0 bridgehead atoms. The van der Waals surface area contributed by atoms with Crippen LogP contribution in [0, 0.1) is 23.7 Å². The van der Waals surface area contributed by atoms with Crippen LogP contribution in [0.4, 0.5) is 24.7 Å². The Hall–Kier alpha value is -5.24. The molecule has 3 aromatic carbocycles. The number of anilines is 2. The van der Waals surface area contributed by atoms with Gasteiger partial charge in [-0.05, 0) is 72.4 Å². The lowest BCUT2D eigenvalue weighted by Crippen LogP contribution is -2.53. The molecule has 288 valence electrons. The lowest BCUT2D eigenvalue weighted by atomic mass is 9.49. The summed E-state index contributed by atoms with van der Waals surface area (Å²) in [6, 6.07) is 24.2. The van der Waals surface area contributed by atoms with E-state index < -0.39 is 76.3 Å². The van der Waals surface area contributed by atoms with Crippen LogP contribution in [-0.4, -0.2) is 59.0 Å². The summed E-state index contributed by atoms with van der Waals surface area (Å²) in [5, 5.41) is 11.2. The van der Waals surface area contributed by atoms with E-state index in [4.69, 9.17) is 27.9 Å². The lowest BCUT2D eigenvalue weighted by Gasteiger charge is -2.50. The van der Waals surface area contributed by atoms with Crippen molar-refractivity contribution in [2.75, 3.05) is 30.2 Å². The van der Waals surface area contributed by atoms with Crippen LogP contribution in [0.15, 0.2) is 103 Å². The van der Waals surface area contributed by atoms with Gasteiger partial charge in [-0.3, -0.25) is 24.2 Å². The van der Waals surface area contributed by atoms with Crippen LogP contribution in [0.2, 0.25) is 10.0 Å². The van der Waals surface area contributed by atoms with Crippen LogP contribution in [0.5, 0.6) is 5.75 Å². The normalized spacial score (nSPS) is 25.8. The molecule has 56 heavy (non-hydrogen) atoms. The molecule has 0 spiro atoms. The largest absolute Gasteiger partial charge is 0.491 e. The molecule has 3 heterocycles. The summed E-state index contributed by atoms with van der Waals surface area (Å²) in [6.07, 6.45) is -2.85. The third-order valence-electron chi connectivity index (χ3n) is 11.4. The molecule has 6 atom stereocenters. The van der Waals surface area contributed by atoms with Crippen LogP contribution in [0.1, 0.15) is 35.6 Å². The predicted octanol–water partition coefficient (Wildman–Crippen LogP) is 6.99. The van der Waals surface area contributed by atoms with Crippen molar-refractivity contribution in [2.45, 2.75) is 30.4 Å². The van der Waals surface area contributed by atoms with E-state index in [-0.39, 0.29) is 36.8 Å². The van der Waals surface area contributed by atoms with Crippen molar-refractivity contribution in [2.24, 2.45) is 23.7 Å². The Morgan fingerprint density at radius 3 is 2.32 bits per heavy atom. The molecule has 4 aliphatic rings.